The van der Waals surface area contributed by atoms with Crippen LogP contribution in [-0.2, 0) is 11.2 Å². The van der Waals surface area contributed by atoms with Gasteiger partial charge in [0.1, 0.15) is 6.04 Å². The lowest BCUT2D eigenvalue weighted by molar-refractivity contribution is -0.122. The van der Waals surface area contributed by atoms with Crippen molar-refractivity contribution in [1.82, 2.24) is 5.32 Å². The second-order valence-corrected chi connectivity index (χ2v) is 4.82. The molecule has 0 saturated heterocycles. The van der Waals surface area contributed by atoms with Gasteiger partial charge in [0, 0.05) is 6.42 Å². The standard InChI is InChI=1S/C15H20N2O/c1-4-12-5-7-13(8-6-12)14(10-16)17-15(18)9-11(2)3/h5-8,11,14H,4,9H2,1-3H3,(H,17,18). The van der Waals surface area contributed by atoms with Gasteiger partial charge in [0.15, 0.2) is 0 Å². The van der Waals surface area contributed by atoms with Gasteiger partial charge in [0.2, 0.25) is 5.91 Å². The second-order valence-electron chi connectivity index (χ2n) is 4.82. The predicted octanol–water partition coefficient (Wildman–Crippen LogP) is 2.98. The Bertz CT molecular complexity index is 429. The second kappa shape index (κ2) is 6.80. The Balaban J connectivity index is 2.71. The van der Waals surface area contributed by atoms with Gasteiger partial charge >= 0.3 is 0 Å². The first-order valence-corrected chi connectivity index (χ1v) is 6.34. The minimum Gasteiger partial charge on any atom is -0.337 e. The van der Waals surface area contributed by atoms with Crippen molar-refractivity contribution < 1.29 is 4.79 Å². The Morgan fingerprint density at radius 1 is 1.33 bits per heavy atom. The number of amides is 1. The SMILES string of the molecule is CCc1ccc(C(C#N)NC(=O)CC(C)C)cc1. The quantitative estimate of drug-likeness (QED) is 0.865. The van der Waals surface area contributed by atoms with Gasteiger partial charge in [-0.2, -0.15) is 5.26 Å². The molecule has 1 N–H and O–H groups in total. The zero-order valence-electron chi connectivity index (χ0n) is 11.2. The molecule has 0 aromatic heterocycles. The smallest absolute Gasteiger partial charge is 0.221 e. The third kappa shape index (κ3) is 4.21. The maximum Gasteiger partial charge on any atom is 0.221 e. The van der Waals surface area contributed by atoms with Crippen LogP contribution in [0.2, 0.25) is 0 Å². The monoisotopic (exact) mass is 244 g/mol. The van der Waals surface area contributed by atoms with Crippen molar-refractivity contribution in [1.29, 1.82) is 5.26 Å². The Kier molecular flexibility index (Phi) is 5.38. The highest BCUT2D eigenvalue weighted by Crippen LogP contribution is 2.14. The molecule has 1 rings (SSSR count). The van der Waals surface area contributed by atoms with Crippen molar-refractivity contribution in [3.8, 4) is 6.07 Å². The fraction of sp³-hybridized carbons (Fsp3) is 0.467. The normalized spacial score (nSPS) is 11.9. The van der Waals surface area contributed by atoms with Gasteiger partial charge < -0.3 is 5.32 Å². The van der Waals surface area contributed by atoms with Gasteiger partial charge in [-0.25, -0.2) is 0 Å². The number of hydrogen-bond donors (Lipinski definition) is 1. The molecule has 1 amide bonds. The fourth-order valence-electron chi connectivity index (χ4n) is 1.73. The molecule has 1 unspecified atom stereocenters. The number of nitriles is 1. The topological polar surface area (TPSA) is 52.9 Å². The van der Waals surface area contributed by atoms with Gasteiger partial charge in [-0.3, -0.25) is 4.79 Å². The van der Waals surface area contributed by atoms with Crippen molar-refractivity contribution in [2.24, 2.45) is 5.92 Å². The van der Waals surface area contributed by atoms with Crippen molar-refractivity contribution >= 4 is 5.91 Å². The van der Waals surface area contributed by atoms with Crippen LogP contribution in [0.15, 0.2) is 24.3 Å². The van der Waals surface area contributed by atoms with Crippen LogP contribution < -0.4 is 5.32 Å². The molecule has 0 bridgehead atoms. The maximum atomic E-state index is 11.7. The van der Waals surface area contributed by atoms with Gasteiger partial charge in [-0.1, -0.05) is 45.0 Å². The molecule has 0 fully saturated rings. The molecule has 0 heterocycles. The summed E-state index contributed by atoms with van der Waals surface area (Å²) in [4.78, 5) is 11.7. The third-order valence-corrected chi connectivity index (χ3v) is 2.75. The zero-order chi connectivity index (χ0) is 13.5. The van der Waals surface area contributed by atoms with E-state index in [1.807, 2.05) is 38.1 Å². The van der Waals surface area contributed by atoms with E-state index < -0.39 is 6.04 Å². The Labute approximate surface area is 109 Å². The van der Waals surface area contributed by atoms with Crippen molar-refractivity contribution in [2.75, 3.05) is 0 Å². The van der Waals surface area contributed by atoms with Crippen molar-refractivity contribution in [3.63, 3.8) is 0 Å². The predicted molar refractivity (Wildman–Crippen MR) is 71.8 cm³/mol. The molecule has 0 radical (unpaired) electrons. The van der Waals surface area contributed by atoms with E-state index in [0.717, 1.165) is 12.0 Å². The minimum atomic E-state index is -0.554. The summed E-state index contributed by atoms with van der Waals surface area (Å²) in [5, 5.41) is 11.9. The van der Waals surface area contributed by atoms with E-state index in [1.165, 1.54) is 5.56 Å². The first-order chi connectivity index (χ1) is 8.56. The summed E-state index contributed by atoms with van der Waals surface area (Å²) in [7, 11) is 0. The van der Waals surface area contributed by atoms with Crippen LogP contribution in [0, 0.1) is 17.2 Å². The number of nitrogens with one attached hydrogen (secondary N) is 1. The first-order valence-electron chi connectivity index (χ1n) is 6.34. The number of carbonyl (C=O) groups is 1. The highest BCUT2D eigenvalue weighted by molar-refractivity contribution is 5.77. The van der Waals surface area contributed by atoms with Crippen LogP contribution in [0.5, 0.6) is 0 Å². The lowest BCUT2D eigenvalue weighted by Gasteiger charge is -2.13. The molecule has 3 nitrogen and oxygen atoms in total. The van der Waals surface area contributed by atoms with Crippen molar-refractivity contribution in [2.45, 2.75) is 39.7 Å². The Morgan fingerprint density at radius 3 is 2.39 bits per heavy atom. The average Bonchev–Trinajstić information content (AvgIpc) is 2.35. The number of benzene rings is 1. The molecule has 0 saturated carbocycles. The van der Waals surface area contributed by atoms with Gasteiger partial charge in [-0.15, -0.1) is 0 Å². The Hall–Kier alpha value is -1.82. The number of hydrogen-bond acceptors (Lipinski definition) is 2. The summed E-state index contributed by atoms with van der Waals surface area (Å²) in [5.74, 6) is 0.225. The molecule has 1 aromatic carbocycles. The number of rotatable bonds is 5. The number of aryl methyl sites for hydroxylation is 1. The van der Waals surface area contributed by atoms with E-state index in [0.29, 0.717) is 12.3 Å². The van der Waals surface area contributed by atoms with Gasteiger partial charge in [-0.05, 0) is 23.5 Å². The lowest BCUT2D eigenvalue weighted by atomic mass is 10.0. The molecule has 0 aliphatic rings. The third-order valence-electron chi connectivity index (χ3n) is 2.75. The molecular weight excluding hydrogens is 224 g/mol. The van der Waals surface area contributed by atoms with Crippen LogP contribution in [0.25, 0.3) is 0 Å². The summed E-state index contributed by atoms with van der Waals surface area (Å²) < 4.78 is 0. The molecule has 3 heteroatoms. The molecular formula is C15H20N2O. The largest absolute Gasteiger partial charge is 0.337 e. The molecule has 96 valence electrons. The van der Waals surface area contributed by atoms with E-state index in [1.54, 1.807) is 0 Å². The summed E-state index contributed by atoms with van der Waals surface area (Å²) in [5.41, 5.74) is 2.07. The lowest BCUT2D eigenvalue weighted by Crippen LogP contribution is -2.28. The summed E-state index contributed by atoms with van der Waals surface area (Å²) in [6.45, 7) is 6.05. The van der Waals surface area contributed by atoms with Gasteiger partial charge in [0.25, 0.3) is 0 Å². The van der Waals surface area contributed by atoms with E-state index in [-0.39, 0.29) is 5.91 Å². The van der Waals surface area contributed by atoms with Crippen LogP contribution >= 0.6 is 0 Å². The maximum absolute atomic E-state index is 11.7. The minimum absolute atomic E-state index is 0.0730. The van der Waals surface area contributed by atoms with Crippen LogP contribution in [-0.4, -0.2) is 5.91 Å². The van der Waals surface area contributed by atoms with Gasteiger partial charge in [0.05, 0.1) is 6.07 Å². The molecule has 18 heavy (non-hydrogen) atoms. The first kappa shape index (κ1) is 14.2. The Morgan fingerprint density at radius 2 is 1.94 bits per heavy atom. The highest BCUT2D eigenvalue weighted by atomic mass is 16.1. The highest BCUT2D eigenvalue weighted by Gasteiger charge is 2.14. The zero-order valence-corrected chi connectivity index (χ0v) is 11.2. The molecule has 1 aromatic rings. The van der Waals surface area contributed by atoms with Crippen molar-refractivity contribution in [3.05, 3.63) is 35.4 Å². The fourth-order valence-corrected chi connectivity index (χ4v) is 1.73. The van der Waals surface area contributed by atoms with Crippen LogP contribution in [0.4, 0.5) is 0 Å². The molecule has 0 spiro atoms. The van der Waals surface area contributed by atoms with E-state index in [2.05, 4.69) is 18.3 Å². The van der Waals surface area contributed by atoms with Crippen LogP contribution in [0.3, 0.4) is 0 Å². The van der Waals surface area contributed by atoms with E-state index in [9.17, 15) is 4.79 Å². The number of carbonyl (C=O) groups excluding carboxylic acids is 1. The van der Waals surface area contributed by atoms with Crippen LogP contribution in [0.1, 0.15) is 44.4 Å². The molecule has 0 aliphatic heterocycles. The summed E-state index contributed by atoms with van der Waals surface area (Å²) in [6, 6.07) is 9.37. The van der Waals surface area contributed by atoms with E-state index >= 15 is 0 Å². The van der Waals surface area contributed by atoms with E-state index in [4.69, 9.17) is 5.26 Å². The average molecular weight is 244 g/mol. The number of nitrogens with zero attached hydrogens (tertiary/aromatic N) is 1. The molecule has 1 atom stereocenters. The summed E-state index contributed by atoms with van der Waals surface area (Å²) in [6.07, 6.45) is 1.42. The summed E-state index contributed by atoms with van der Waals surface area (Å²) >= 11 is 0. The molecule has 0 aliphatic carbocycles.